The second kappa shape index (κ2) is 8.62. The van der Waals surface area contributed by atoms with Gasteiger partial charge in [0.05, 0.1) is 29.0 Å². The van der Waals surface area contributed by atoms with Crippen molar-refractivity contribution in [2.75, 3.05) is 13.1 Å². The fraction of sp³-hybridized carbons (Fsp3) is 0.259. The van der Waals surface area contributed by atoms with E-state index in [1.165, 1.54) is 9.54 Å². The van der Waals surface area contributed by atoms with Crippen molar-refractivity contribution < 1.29 is 8.42 Å². The van der Waals surface area contributed by atoms with Gasteiger partial charge in [-0.15, -0.1) is 0 Å². The van der Waals surface area contributed by atoms with E-state index in [1.807, 2.05) is 18.5 Å². The highest BCUT2D eigenvalue weighted by molar-refractivity contribution is 7.90. The van der Waals surface area contributed by atoms with Crippen molar-refractivity contribution in [3.8, 4) is 0 Å². The Labute approximate surface area is 204 Å². The molecule has 7 nitrogen and oxygen atoms in total. The van der Waals surface area contributed by atoms with E-state index in [1.54, 1.807) is 42.7 Å². The Morgan fingerprint density at radius 2 is 1.71 bits per heavy atom. The minimum absolute atomic E-state index is 0.233. The summed E-state index contributed by atoms with van der Waals surface area (Å²) in [5.41, 5.74) is 3.45. The van der Waals surface area contributed by atoms with Crippen LogP contribution in [0.3, 0.4) is 0 Å². The van der Waals surface area contributed by atoms with Gasteiger partial charge in [0, 0.05) is 24.7 Å². The summed E-state index contributed by atoms with van der Waals surface area (Å²) in [5, 5.41) is 0.798. The molecule has 0 aliphatic carbocycles. The van der Waals surface area contributed by atoms with Crippen LogP contribution in [0.15, 0.2) is 90.3 Å². The number of hydrogen-bond acceptors (Lipinski definition) is 5. The van der Waals surface area contributed by atoms with Gasteiger partial charge >= 0.3 is 0 Å². The predicted octanol–water partition coefficient (Wildman–Crippen LogP) is 4.71. The van der Waals surface area contributed by atoms with Crippen molar-refractivity contribution in [1.29, 1.82) is 0 Å². The topological polar surface area (TPSA) is 73.0 Å². The minimum atomic E-state index is -3.75. The SMILES string of the molecule is C[C@H]1CCN(Cc2ccccc2)C[C@H]1n1cnc2cnc3c(ccn3S(=O)(=O)c3ccccc3)c21. The maximum atomic E-state index is 13.3. The van der Waals surface area contributed by atoms with Gasteiger partial charge in [0.1, 0.15) is 5.52 Å². The lowest BCUT2D eigenvalue weighted by Crippen LogP contribution is -2.40. The number of fused-ring (bicyclic) bond motifs is 3. The van der Waals surface area contributed by atoms with Crippen molar-refractivity contribution in [2.45, 2.75) is 30.8 Å². The first-order valence-corrected chi connectivity index (χ1v) is 13.4. The maximum Gasteiger partial charge on any atom is 0.269 e. The quantitative estimate of drug-likeness (QED) is 0.361. The highest BCUT2D eigenvalue weighted by Gasteiger charge is 2.30. The third kappa shape index (κ3) is 3.83. The van der Waals surface area contributed by atoms with Crippen LogP contribution >= 0.6 is 0 Å². The summed E-state index contributed by atoms with van der Waals surface area (Å²) in [5.74, 6) is 0.470. The highest BCUT2D eigenvalue weighted by Crippen LogP contribution is 2.34. The molecule has 8 heteroatoms. The van der Waals surface area contributed by atoms with Gasteiger partial charge in [-0.25, -0.2) is 22.4 Å². The molecule has 1 fully saturated rings. The molecule has 5 aromatic rings. The Bertz CT molecular complexity index is 1590. The zero-order valence-corrected chi connectivity index (χ0v) is 20.3. The van der Waals surface area contributed by atoms with Gasteiger partial charge in [-0.2, -0.15) is 0 Å². The zero-order chi connectivity index (χ0) is 24.0. The van der Waals surface area contributed by atoms with Gasteiger partial charge in [-0.1, -0.05) is 55.5 Å². The van der Waals surface area contributed by atoms with Gasteiger partial charge in [-0.05, 0) is 42.6 Å². The maximum absolute atomic E-state index is 13.3. The van der Waals surface area contributed by atoms with Gasteiger partial charge in [0.15, 0.2) is 5.65 Å². The van der Waals surface area contributed by atoms with E-state index in [0.717, 1.165) is 42.5 Å². The number of piperidine rings is 1. The van der Waals surface area contributed by atoms with E-state index in [9.17, 15) is 8.42 Å². The summed E-state index contributed by atoms with van der Waals surface area (Å²) in [6, 6.07) is 21.1. The van der Waals surface area contributed by atoms with E-state index in [0.29, 0.717) is 11.6 Å². The highest BCUT2D eigenvalue weighted by atomic mass is 32.2. The molecule has 0 spiro atoms. The summed E-state index contributed by atoms with van der Waals surface area (Å²) in [4.78, 5) is 11.9. The molecule has 0 N–H and O–H groups in total. The number of likely N-dealkylation sites (tertiary alicyclic amines) is 1. The fourth-order valence-electron chi connectivity index (χ4n) is 5.20. The average molecular weight is 486 g/mol. The van der Waals surface area contributed by atoms with Crippen LogP contribution in [-0.2, 0) is 16.6 Å². The molecule has 0 amide bonds. The molecule has 35 heavy (non-hydrogen) atoms. The molecule has 0 radical (unpaired) electrons. The van der Waals surface area contributed by atoms with E-state index < -0.39 is 10.0 Å². The number of aromatic nitrogens is 4. The third-order valence-corrected chi connectivity index (χ3v) is 8.80. The Morgan fingerprint density at radius 1 is 0.971 bits per heavy atom. The van der Waals surface area contributed by atoms with Crippen LogP contribution in [-0.4, -0.2) is 44.9 Å². The normalized spacial score (nSPS) is 19.5. The number of benzene rings is 2. The molecule has 1 saturated heterocycles. The summed E-state index contributed by atoms with van der Waals surface area (Å²) < 4.78 is 30.2. The lowest BCUT2D eigenvalue weighted by Gasteiger charge is -2.38. The molecule has 6 rings (SSSR count). The van der Waals surface area contributed by atoms with Gasteiger partial charge in [-0.3, -0.25) is 4.90 Å². The van der Waals surface area contributed by atoms with Crippen LogP contribution in [0.4, 0.5) is 0 Å². The average Bonchev–Trinajstić information content (AvgIpc) is 3.51. The number of nitrogens with zero attached hydrogens (tertiary/aromatic N) is 5. The lowest BCUT2D eigenvalue weighted by atomic mass is 9.92. The monoisotopic (exact) mass is 485 g/mol. The summed E-state index contributed by atoms with van der Waals surface area (Å²) in [7, 11) is -3.75. The number of hydrogen-bond donors (Lipinski definition) is 0. The second-order valence-electron chi connectivity index (χ2n) is 9.36. The van der Waals surface area contributed by atoms with Gasteiger partial charge in [0.25, 0.3) is 10.0 Å². The minimum Gasteiger partial charge on any atom is -0.325 e. The fourth-order valence-corrected chi connectivity index (χ4v) is 6.52. The second-order valence-corrected chi connectivity index (χ2v) is 11.2. The van der Waals surface area contributed by atoms with Gasteiger partial charge < -0.3 is 4.57 Å². The standard InChI is InChI=1S/C27H27N5O2S/c1-20-12-14-30(17-21-8-4-2-5-9-21)18-25(20)31-19-29-24-16-28-27-23(26(24)31)13-15-32(27)35(33,34)22-10-6-3-7-11-22/h2-11,13,15-16,19-20,25H,12,14,17-18H2,1H3/t20-,25+/m0/s1. The summed E-state index contributed by atoms with van der Waals surface area (Å²) >= 11 is 0. The van der Waals surface area contributed by atoms with Crippen molar-refractivity contribution in [2.24, 2.45) is 5.92 Å². The molecule has 0 saturated carbocycles. The first-order valence-electron chi connectivity index (χ1n) is 11.9. The Balaban J connectivity index is 1.41. The molecule has 2 aromatic carbocycles. The van der Waals surface area contributed by atoms with Crippen LogP contribution in [0.25, 0.3) is 22.1 Å². The van der Waals surface area contributed by atoms with Crippen LogP contribution in [0, 0.1) is 5.92 Å². The number of rotatable bonds is 5. The molecular formula is C27H27N5O2S. The molecule has 1 aliphatic rings. The number of imidazole rings is 1. The third-order valence-electron chi connectivity index (χ3n) is 7.12. The zero-order valence-electron chi connectivity index (χ0n) is 19.5. The van der Waals surface area contributed by atoms with E-state index in [2.05, 4.69) is 50.6 Å². The van der Waals surface area contributed by atoms with Crippen molar-refractivity contribution >= 4 is 32.1 Å². The molecule has 0 bridgehead atoms. The number of pyridine rings is 1. The smallest absolute Gasteiger partial charge is 0.269 e. The summed E-state index contributed by atoms with van der Waals surface area (Å²) in [6.45, 7) is 5.18. The Hall–Kier alpha value is -3.49. The van der Waals surface area contributed by atoms with Crippen molar-refractivity contribution in [3.05, 3.63) is 91.0 Å². The van der Waals surface area contributed by atoms with Crippen molar-refractivity contribution in [1.82, 2.24) is 23.4 Å². The first kappa shape index (κ1) is 22.0. The summed E-state index contributed by atoms with van der Waals surface area (Å²) in [6.07, 6.45) is 6.26. The van der Waals surface area contributed by atoms with Crippen LogP contribution in [0.5, 0.6) is 0 Å². The van der Waals surface area contributed by atoms with Gasteiger partial charge in [0.2, 0.25) is 0 Å². The van der Waals surface area contributed by atoms with E-state index >= 15 is 0 Å². The molecule has 4 heterocycles. The lowest BCUT2D eigenvalue weighted by molar-refractivity contribution is 0.128. The Kier molecular flexibility index (Phi) is 5.42. The molecular weight excluding hydrogens is 458 g/mol. The molecule has 3 aromatic heterocycles. The Morgan fingerprint density at radius 3 is 2.49 bits per heavy atom. The van der Waals surface area contributed by atoms with Crippen LogP contribution < -0.4 is 0 Å². The first-order chi connectivity index (χ1) is 17.0. The molecule has 178 valence electrons. The van der Waals surface area contributed by atoms with E-state index in [4.69, 9.17) is 0 Å². The molecule has 0 unspecified atom stereocenters. The van der Waals surface area contributed by atoms with Crippen LogP contribution in [0.1, 0.15) is 24.9 Å². The van der Waals surface area contributed by atoms with Crippen molar-refractivity contribution in [3.63, 3.8) is 0 Å². The van der Waals surface area contributed by atoms with E-state index in [-0.39, 0.29) is 10.9 Å². The van der Waals surface area contributed by atoms with Crippen LogP contribution in [0.2, 0.25) is 0 Å². The molecule has 1 aliphatic heterocycles. The largest absolute Gasteiger partial charge is 0.325 e. The molecule has 2 atom stereocenters. The predicted molar refractivity (Wildman–Crippen MR) is 137 cm³/mol.